The first-order valence-electron chi connectivity index (χ1n) is 7.39. The number of rotatable bonds is 8. The molecule has 0 spiro atoms. The highest BCUT2D eigenvalue weighted by molar-refractivity contribution is 5.89. The summed E-state index contributed by atoms with van der Waals surface area (Å²) in [6.07, 6.45) is 5.73. The lowest BCUT2D eigenvalue weighted by atomic mass is 10.1. The lowest BCUT2D eigenvalue weighted by Crippen LogP contribution is -2.08. The summed E-state index contributed by atoms with van der Waals surface area (Å²) >= 11 is 0. The number of hydrogen-bond acceptors (Lipinski definition) is 2. The number of benzene rings is 1. The number of aryl methyl sites for hydroxylation is 1. The van der Waals surface area contributed by atoms with Crippen molar-refractivity contribution in [3.05, 3.63) is 35.4 Å². The summed E-state index contributed by atoms with van der Waals surface area (Å²) in [5.41, 5.74) is 1.95. The Morgan fingerprint density at radius 2 is 1.84 bits per heavy atom. The second kappa shape index (κ2) is 8.73. The van der Waals surface area contributed by atoms with Crippen molar-refractivity contribution in [2.45, 2.75) is 52.9 Å². The normalized spacial score (nSPS) is 10.7. The minimum Gasteiger partial charge on any atom is -0.462 e. The van der Waals surface area contributed by atoms with Crippen LogP contribution in [-0.2, 0) is 11.2 Å². The highest BCUT2D eigenvalue weighted by Crippen LogP contribution is 2.10. The molecular formula is C17H26O2. The van der Waals surface area contributed by atoms with E-state index >= 15 is 0 Å². The van der Waals surface area contributed by atoms with Crippen LogP contribution in [0.2, 0.25) is 0 Å². The molecule has 2 heteroatoms. The number of ether oxygens (including phenoxy) is 1. The van der Waals surface area contributed by atoms with Gasteiger partial charge in [0.15, 0.2) is 0 Å². The minimum atomic E-state index is -0.208. The van der Waals surface area contributed by atoms with Crippen molar-refractivity contribution in [3.63, 3.8) is 0 Å². The second-order valence-electron chi connectivity index (χ2n) is 5.47. The van der Waals surface area contributed by atoms with E-state index in [0.717, 1.165) is 12.8 Å². The van der Waals surface area contributed by atoms with Crippen LogP contribution in [0, 0.1) is 5.92 Å². The summed E-state index contributed by atoms with van der Waals surface area (Å²) in [5.74, 6) is 0.356. The van der Waals surface area contributed by atoms with Crippen LogP contribution in [0.15, 0.2) is 24.3 Å². The quantitative estimate of drug-likeness (QED) is 0.504. The van der Waals surface area contributed by atoms with Crippen molar-refractivity contribution < 1.29 is 9.53 Å². The van der Waals surface area contributed by atoms with Gasteiger partial charge in [-0.2, -0.15) is 0 Å². The lowest BCUT2D eigenvalue weighted by Gasteiger charge is -2.07. The Hall–Kier alpha value is -1.31. The van der Waals surface area contributed by atoms with Crippen LogP contribution >= 0.6 is 0 Å². The Bertz CT molecular complexity index is 365. The van der Waals surface area contributed by atoms with Crippen LogP contribution < -0.4 is 0 Å². The third kappa shape index (κ3) is 6.42. The topological polar surface area (TPSA) is 26.3 Å². The monoisotopic (exact) mass is 262 g/mol. The van der Waals surface area contributed by atoms with Crippen molar-refractivity contribution >= 4 is 5.97 Å². The van der Waals surface area contributed by atoms with Gasteiger partial charge in [0.1, 0.15) is 0 Å². The van der Waals surface area contributed by atoms with Gasteiger partial charge in [0.2, 0.25) is 0 Å². The van der Waals surface area contributed by atoms with E-state index in [1.54, 1.807) is 0 Å². The molecule has 0 saturated heterocycles. The van der Waals surface area contributed by atoms with Crippen LogP contribution in [0.3, 0.4) is 0 Å². The van der Waals surface area contributed by atoms with E-state index in [-0.39, 0.29) is 5.97 Å². The summed E-state index contributed by atoms with van der Waals surface area (Å²) in [6, 6.07) is 7.82. The van der Waals surface area contributed by atoms with E-state index in [1.165, 1.54) is 24.8 Å². The van der Waals surface area contributed by atoms with Gasteiger partial charge in [-0.1, -0.05) is 45.7 Å². The third-order valence-electron chi connectivity index (χ3n) is 3.19. The highest BCUT2D eigenvalue weighted by atomic mass is 16.5. The van der Waals surface area contributed by atoms with Crippen molar-refractivity contribution in [1.82, 2.24) is 0 Å². The number of carbonyl (C=O) groups excluding carboxylic acids is 1. The van der Waals surface area contributed by atoms with Gasteiger partial charge in [-0.15, -0.1) is 0 Å². The molecule has 0 aliphatic carbocycles. The first kappa shape index (κ1) is 15.7. The molecule has 0 amide bonds. The zero-order chi connectivity index (χ0) is 14.1. The molecule has 0 aromatic heterocycles. The van der Waals surface area contributed by atoms with Crippen molar-refractivity contribution in [3.8, 4) is 0 Å². The molecule has 0 bridgehead atoms. The van der Waals surface area contributed by atoms with Crippen LogP contribution in [0.25, 0.3) is 0 Å². The van der Waals surface area contributed by atoms with Gasteiger partial charge in [-0.05, 0) is 42.9 Å². The Morgan fingerprint density at radius 3 is 2.42 bits per heavy atom. The summed E-state index contributed by atoms with van der Waals surface area (Å²) in [4.78, 5) is 11.8. The number of esters is 1. The zero-order valence-corrected chi connectivity index (χ0v) is 12.4. The maximum Gasteiger partial charge on any atom is 0.338 e. The predicted molar refractivity (Wildman–Crippen MR) is 79.4 cm³/mol. The SMILES string of the molecule is CCCCCc1ccc(C(=O)OCCC(C)C)cc1. The lowest BCUT2D eigenvalue weighted by molar-refractivity contribution is 0.0488. The van der Waals surface area contributed by atoms with Gasteiger partial charge in [-0.3, -0.25) is 0 Å². The van der Waals surface area contributed by atoms with Crippen molar-refractivity contribution in [2.75, 3.05) is 6.61 Å². The Morgan fingerprint density at radius 1 is 1.16 bits per heavy atom. The Kier molecular flexibility index (Phi) is 7.24. The third-order valence-corrected chi connectivity index (χ3v) is 3.19. The largest absolute Gasteiger partial charge is 0.462 e. The van der Waals surface area contributed by atoms with E-state index in [9.17, 15) is 4.79 Å². The average Bonchev–Trinajstić information content (AvgIpc) is 2.39. The summed E-state index contributed by atoms with van der Waals surface area (Å²) < 4.78 is 5.24. The first-order valence-corrected chi connectivity index (χ1v) is 7.39. The number of unbranched alkanes of at least 4 members (excludes halogenated alkanes) is 2. The molecular weight excluding hydrogens is 236 g/mol. The summed E-state index contributed by atoms with van der Waals surface area (Å²) in [7, 11) is 0. The molecule has 0 aliphatic rings. The predicted octanol–water partition coefficient (Wildman–Crippen LogP) is 4.62. The molecule has 1 rings (SSSR count). The fourth-order valence-electron chi connectivity index (χ4n) is 1.86. The first-order chi connectivity index (χ1) is 9.13. The molecule has 0 atom stereocenters. The zero-order valence-electron chi connectivity index (χ0n) is 12.4. The Balaban J connectivity index is 2.39. The fourth-order valence-corrected chi connectivity index (χ4v) is 1.86. The van der Waals surface area contributed by atoms with Gasteiger partial charge >= 0.3 is 5.97 Å². The van der Waals surface area contributed by atoms with Crippen molar-refractivity contribution in [1.29, 1.82) is 0 Å². The molecule has 2 nitrogen and oxygen atoms in total. The molecule has 1 aromatic carbocycles. The summed E-state index contributed by atoms with van der Waals surface area (Å²) in [5, 5.41) is 0. The molecule has 1 aromatic rings. The van der Waals surface area contributed by atoms with Crippen LogP contribution in [0.5, 0.6) is 0 Å². The van der Waals surface area contributed by atoms with E-state index in [1.807, 2.05) is 24.3 Å². The van der Waals surface area contributed by atoms with Gasteiger partial charge in [0.25, 0.3) is 0 Å². The molecule has 0 fully saturated rings. The van der Waals surface area contributed by atoms with Crippen molar-refractivity contribution in [2.24, 2.45) is 5.92 Å². The smallest absolute Gasteiger partial charge is 0.338 e. The molecule has 0 heterocycles. The van der Waals surface area contributed by atoms with Gasteiger partial charge in [0.05, 0.1) is 12.2 Å². The van der Waals surface area contributed by atoms with E-state index in [4.69, 9.17) is 4.74 Å². The maximum absolute atomic E-state index is 11.8. The fraction of sp³-hybridized carbons (Fsp3) is 0.588. The Labute approximate surface area is 117 Å². The second-order valence-corrected chi connectivity index (χ2v) is 5.47. The van der Waals surface area contributed by atoms with Gasteiger partial charge in [0, 0.05) is 0 Å². The minimum absolute atomic E-state index is 0.208. The van der Waals surface area contributed by atoms with E-state index in [0.29, 0.717) is 18.1 Å². The van der Waals surface area contributed by atoms with E-state index in [2.05, 4.69) is 20.8 Å². The standard InChI is InChI=1S/C17H26O2/c1-4-5-6-7-15-8-10-16(11-9-15)17(18)19-13-12-14(2)3/h8-11,14H,4-7,12-13H2,1-3H3. The van der Waals surface area contributed by atoms with Crippen LogP contribution in [-0.4, -0.2) is 12.6 Å². The van der Waals surface area contributed by atoms with Crippen LogP contribution in [0.1, 0.15) is 62.4 Å². The van der Waals surface area contributed by atoms with Gasteiger partial charge < -0.3 is 4.74 Å². The molecule has 0 unspecified atom stereocenters. The maximum atomic E-state index is 11.8. The molecule has 0 radical (unpaired) electrons. The highest BCUT2D eigenvalue weighted by Gasteiger charge is 2.07. The van der Waals surface area contributed by atoms with E-state index < -0.39 is 0 Å². The molecule has 19 heavy (non-hydrogen) atoms. The van der Waals surface area contributed by atoms with Crippen LogP contribution in [0.4, 0.5) is 0 Å². The molecule has 106 valence electrons. The summed E-state index contributed by atoms with van der Waals surface area (Å²) in [6.45, 7) is 6.96. The number of hydrogen-bond donors (Lipinski definition) is 0. The average molecular weight is 262 g/mol. The molecule has 0 N–H and O–H groups in total. The van der Waals surface area contributed by atoms with Gasteiger partial charge in [-0.25, -0.2) is 4.79 Å². The number of carbonyl (C=O) groups is 1. The molecule has 0 saturated carbocycles. The molecule has 0 aliphatic heterocycles.